The molecule has 0 aliphatic rings. The molecule has 7 heteroatoms. The molecule has 2 aromatic carbocycles. The zero-order valence-corrected chi connectivity index (χ0v) is 13.9. The normalized spacial score (nSPS) is 11.8. The SMILES string of the molecule is CC(NC(=O)COc1ccccc1F)c1ncc(-c2ccc(F)cc2)o1. The van der Waals surface area contributed by atoms with Crippen molar-refractivity contribution in [2.45, 2.75) is 13.0 Å². The van der Waals surface area contributed by atoms with Gasteiger partial charge in [-0.1, -0.05) is 12.1 Å². The maximum absolute atomic E-state index is 13.5. The third kappa shape index (κ3) is 4.24. The fourth-order valence-corrected chi connectivity index (χ4v) is 2.29. The topological polar surface area (TPSA) is 64.4 Å². The summed E-state index contributed by atoms with van der Waals surface area (Å²) in [7, 11) is 0. The number of rotatable bonds is 6. The lowest BCUT2D eigenvalue weighted by Crippen LogP contribution is -2.31. The molecule has 1 unspecified atom stereocenters. The Kier molecular flexibility index (Phi) is 5.26. The lowest BCUT2D eigenvalue weighted by molar-refractivity contribution is -0.123. The minimum atomic E-state index is -0.537. The highest BCUT2D eigenvalue weighted by Gasteiger charge is 2.16. The number of hydrogen-bond acceptors (Lipinski definition) is 4. The summed E-state index contributed by atoms with van der Waals surface area (Å²) in [6.07, 6.45) is 1.50. The lowest BCUT2D eigenvalue weighted by Gasteiger charge is -2.11. The van der Waals surface area contributed by atoms with Gasteiger partial charge in [0.15, 0.2) is 23.9 Å². The summed E-state index contributed by atoms with van der Waals surface area (Å²) in [6, 6.07) is 11.1. The molecule has 1 heterocycles. The number of para-hydroxylation sites is 1. The van der Waals surface area contributed by atoms with Crippen LogP contribution in [0.3, 0.4) is 0 Å². The van der Waals surface area contributed by atoms with E-state index in [9.17, 15) is 13.6 Å². The average Bonchev–Trinajstić information content (AvgIpc) is 3.12. The third-order valence-electron chi connectivity index (χ3n) is 3.60. The van der Waals surface area contributed by atoms with E-state index in [1.807, 2.05) is 0 Å². The van der Waals surface area contributed by atoms with Crippen LogP contribution < -0.4 is 10.1 Å². The van der Waals surface area contributed by atoms with Crippen molar-refractivity contribution in [3.8, 4) is 17.1 Å². The summed E-state index contributed by atoms with van der Waals surface area (Å²) in [5.74, 6) is -0.562. The van der Waals surface area contributed by atoms with Crippen LogP contribution in [0, 0.1) is 11.6 Å². The van der Waals surface area contributed by atoms with Crippen LogP contribution in [0.5, 0.6) is 5.75 Å². The van der Waals surface area contributed by atoms with E-state index >= 15 is 0 Å². The molecule has 0 spiro atoms. The Morgan fingerprint density at radius 2 is 1.92 bits per heavy atom. The zero-order chi connectivity index (χ0) is 18.5. The predicted molar refractivity (Wildman–Crippen MR) is 90.3 cm³/mol. The standard InChI is InChI=1S/C19H16F2N2O3/c1-12(23-18(24)11-25-16-5-3-2-4-15(16)21)19-22-10-17(26-19)13-6-8-14(20)9-7-13/h2-10,12H,11H2,1H3,(H,23,24). The fourth-order valence-electron chi connectivity index (χ4n) is 2.29. The van der Waals surface area contributed by atoms with Crippen molar-refractivity contribution in [2.75, 3.05) is 6.61 Å². The Labute approximate surface area is 148 Å². The molecule has 0 saturated heterocycles. The average molecular weight is 358 g/mol. The first kappa shape index (κ1) is 17.6. The number of benzene rings is 2. The summed E-state index contributed by atoms with van der Waals surface area (Å²) in [5, 5.41) is 2.66. The number of halogens is 2. The first-order chi connectivity index (χ1) is 12.5. The molecular weight excluding hydrogens is 342 g/mol. The fraction of sp³-hybridized carbons (Fsp3) is 0.158. The second kappa shape index (κ2) is 7.77. The minimum absolute atomic E-state index is 0.00465. The molecule has 1 amide bonds. The lowest BCUT2D eigenvalue weighted by atomic mass is 10.2. The maximum Gasteiger partial charge on any atom is 0.258 e. The molecule has 0 aliphatic carbocycles. The van der Waals surface area contributed by atoms with Crippen molar-refractivity contribution >= 4 is 5.91 Å². The van der Waals surface area contributed by atoms with Gasteiger partial charge in [-0.3, -0.25) is 4.79 Å². The van der Waals surface area contributed by atoms with Crippen LogP contribution in [0.1, 0.15) is 18.9 Å². The van der Waals surface area contributed by atoms with Gasteiger partial charge in [-0.2, -0.15) is 0 Å². The van der Waals surface area contributed by atoms with Gasteiger partial charge < -0.3 is 14.5 Å². The smallest absolute Gasteiger partial charge is 0.258 e. The van der Waals surface area contributed by atoms with Gasteiger partial charge in [-0.05, 0) is 43.3 Å². The number of hydrogen-bond donors (Lipinski definition) is 1. The summed E-state index contributed by atoms with van der Waals surface area (Å²) in [4.78, 5) is 16.1. The van der Waals surface area contributed by atoms with E-state index in [2.05, 4.69) is 10.3 Å². The summed E-state index contributed by atoms with van der Waals surface area (Å²) < 4.78 is 37.2. The van der Waals surface area contributed by atoms with Crippen molar-refractivity contribution in [3.05, 3.63) is 72.3 Å². The number of nitrogens with one attached hydrogen (secondary N) is 1. The van der Waals surface area contributed by atoms with Gasteiger partial charge in [0.2, 0.25) is 5.89 Å². The van der Waals surface area contributed by atoms with Crippen LogP contribution in [0.25, 0.3) is 11.3 Å². The molecule has 0 bridgehead atoms. The summed E-state index contributed by atoms with van der Waals surface area (Å²) in [5.41, 5.74) is 0.673. The van der Waals surface area contributed by atoms with Gasteiger partial charge in [0.05, 0.1) is 6.20 Å². The molecule has 0 fully saturated rings. The van der Waals surface area contributed by atoms with E-state index in [4.69, 9.17) is 9.15 Å². The van der Waals surface area contributed by atoms with Crippen LogP contribution in [-0.4, -0.2) is 17.5 Å². The molecule has 0 aliphatic heterocycles. The van der Waals surface area contributed by atoms with E-state index < -0.39 is 17.8 Å². The molecule has 1 aromatic heterocycles. The van der Waals surface area contributed by atoms with E-state index in [1.54, 1.807) is 25.1 Å². The Bertz CT molecular complexity index is 894. The number of amides is 1. The van der Waals surface area contributed by atoms with E-state index in [-0.39, 0.29) is 18.2 Å². The molecule has 0 saturated carbocycles. The first-order valence-electron chi connectivity index (χ1n) is 7.91. The van der Waals surface area contributed by atoms with Gasteiger partial charge in [0.1, 0.15) is 11.9 Å². The highest BCUT2D eigenvalue weighted by Crippen LogP contribution is 2.23. The Balaban J connectivity index is 1.58. The second-order valence-corrected chi connectivity index (χ2v) is 5.58. The van der Waals surface area contributed by atoms with Crippen molar-refractivity contribution < 1.29 is 22.7 Å². The van der Waals surface area contributed by atoms with Gasteiger partial charge >= 0.3 is 0 Å². The molecule has 26 heavy (non-hydrogen) atoms. The number of carbonyl (C=O) groups excluding carboxylic acids is 1. The molecule has 134 valence electrons. The molecule has 0 radical (unpaired) electrons. The Morgan fingerprint density at radius 1 is 1.19 bits per heavy atom. The molecule has 1 atom stereocenters. The highest BCUT2D eigenvalue weighted by atomic mass is 19.1. The maximum atomic E-state index is 13.5. The van der Waals surface area contributed by atoms with Crippen LogP contribution >= 0.6 is 0 Å². The highest BCUT2D eigenvalue weighted by molar-refractivity contribution is 5.77. The molecule has 1 N–H and O–H groups in total. The number of nitrogens with zero attached hydrogens (tertiary/aromatic N) is 1. The van der Waals surface area contributed by atoms with Gasteiger partial charge in [0, 0.05) is 5.56 Å². The van der Waals surface area contributed by atoms with Crippen molar-refractivity contribution in [2.24, 2.45) is 0 Å². The molecular formula is C19H16F2N2O3. The number of aromatic nitrogens is 1. The largest absolute Gasteiger partial charge is 0.481 e. The minimum Gasteiger partial charge on any atom is -0.481 e. The number of ether oxygens (including phenoxy) is 1. The van der Waals surface area contributed by atoms with E-state index in [1.165, 1.54) is 36.5 Å². The number of carbonyl (C=O) groups is 1. The molecule has 5 nitrogen and oxygen atoms in total. The van der Waals surface area contributed by atoms with Crippen LogP contribution in [-0.2, 0) is 4.79 Å². The Morgan fingerprint density at radius 3 is 2.65 bits per heavy atom. The van der Waals surface area contributed by atoms with Crippen LogP contribution in [0.4, 0.5) is 8.78 Å². The number of oxazole rings is 1. The van der Waals surface area contributed by atoms with Crippen molar-refractivity contribution in [1.82, 2.24) is 10.3 Å². The second-order valence-electron chi connectivity index (χ2n) is 5.58. The molecule has 3 rings (SSSR count). The molecule has 3 aromatic rings. The first-order valence-corrected chi connectivity index (χ1v) is 7.91. The van der Waals surface area contributed by atoms with E-state index in [0.29, 0.717) is 17.2 Å². The van der Waals surface area contributed by atoms with Gasteiger partial charge in [-0.15, -0.1) is 0 Å². The van der Waals surface area contributed by atoms with Gasteiger partial charge in [-0.25, -0.2) is 13.8 Å². The predicted octanol–water partition coefficient (Wildman–Crippen LogP) is 3.88. The van der Waals surface area contributed by atoms with E-state index in [0.717, 1.165) is 0 Å². The van der Waals surface area contributed by atoms with Crippen molar-refractivity contribution in [1.29, 1.82) is 0 Å². The van der Waals surface area contributed by atoms with Gasteiger partial charge in [0.25, 0.3) is 5.91 Å². The summed E-state index contributed by atoms with van der Waals surface area (Å²) >= 11 is 0. The quantitative estimate of drug-likeness (QED) is 0.726. The monoisotopic (exact) mass is 358 g/mol. The van der Waals surface area contributed by atoms with Crippen LogP contribution in [0.15, 0.2) is 59.1 Å². The zero-order valence-electron chi connectivity index (χ0n) is 13.9. The third-order valence-corrected chi connectivity index (χ3v) is 3.60. The van der Waals surface area contributed by atoms with Crippen molar-refractivity contribution in [3.63, 3.8) is 0 Å². The van der Waals surface area contributed by atoms with Crippen LogP contribution in [0.2, 0.25) is 0 Å². The Hall–Kier alpha value is -3.22. The summed E-state index contributed by atoms with van der Waals surface area (Å²) in [6.45, 7) is 1.36.